The number of aryl methyl sites for hydroxylation is 2. The molecule has 3 heterocycles. The number of hydrogen-bond donors (Lipinski definition) is 0. The van der Waals surface area contributed by atoms with E-state index in [1.54, 1.807) is 4.68 Å². The van der Waals surface area contributed by atoms with Crippen molar-refractivity contribution in [3.05, 3.63) is 17.5 Å². The van der Waals surface area contributed by atoms with Crippen LogP contribution < -0.4 is 0 Å². The summed E-state index contributed by atoms with van der Waals surface area (Å²) < 4.78 is 7.09. The van der Waals surface area contributed by atoms with E-state index in [4.69, 9.17) is 4.52 Å². The zero-order valence-corrected chi connectivity index (χ0v) is 15.1. The number of likely N-dealkylation sites (tertiary alicyclic amines) is 1. The molecule has 2 aromatic rings. The molecule has 0 aromatic carbocycles. The zero-order chi connectivity index (χ0) is 17.8. The number of nitrogens with zero attached hydrogens (tertiary/aromatic N) is 7. The van der Waals surface area contributed by atoms with Gasteiger partial charge in [0.15, 0.2) is 5.82 Å². The monoisotopic (exact) mass is 347 g/mol. The summed E-state index contributed by atoms with van der Waals surface area (Å²) in [5.41, 5.74) is 0. The predicted molar refractivity (Wildman–Crippen MR) is 88.6 cm³/mol. The second kappa shape index (κ2) is 7.71. The van der Waals surface area contributed by atoms with E-state index >= 15 is 0 Å². The van der Waals surface area contributed by atoms with Crippen molar-refractivity contribution >= 4 is 5.91 Å². The van der Waals surface area contributed by atoms with Crippen LogP contribution in [0.25, 0.3) is 0 Å². The number of rotatable bonds is 6. The molecule has 3 rings (SSSR count). The van der Waals surface area contributed by atoms with Crippen molar-refractivity contribution in [2.45, 2.75) is 58.9 Å². The molecular weight excluding hydrogens is 322 g/mol. The molecule has 2 aromatic heterocycles. The van der Waals surface area contributed by atoms with E-state index in [1.807, 2.05) is 11.8 Å². The molecule has 136 valence electrons. The van der Waals surface area contributed by atoms with Crippen molar-refractivity contribution < 1.29 is 9.32 Å². The summed E-state index contributed by atoms with van der Waals surface area (Å²) in [6.07, 6.45) is 3.12. The highest BCUT2D eigenvalue weighted by Crippen LogP contribution is 2.26. The van der Waals surface area contributed by atoms with Crippen LogP contribution >= 0.6 is 0 Å². The van der Waals surface area contributed by atoms with Gasteiger partial charge in [-0.2, -0.15) is 4.98 Å². The largest absolute Gasteiger partial charge is 0.342 e. The van der Waals surface area contributed by atoms with Crippen molar-refractivity contribution in [2.24, 2.45) is 5.92 Å². The Morgan fingerprint density at radius 1 is 1.40 bits per heavy atom. The lowest BCUT2D eigenvalue weighted by Crippen LogP contribution is -2.39. The van der Waals surface area contributed by atoms with E-state index in [1.165, 1.54) is 0 Å². The fraction of sp³-hybridized carbons (Fsp3) is 0.750. The van der Waals surface area contributed by atoms with Crippen molar-refractivity contribution in [2.75, 3.05) is 13.1 Å². The molecular formula is C16H25N7O2. The highest BCUT2D eigenvalue weighted by Gasteiger charge is 2.28. The zero-order valence-electron chi connectivity index (χ0n) is 15.1. The number of carbonyl (C=O) groups is 1. The van der Waals surface area contributed by atoms with Gasteiger partial charge in [0.2, 0.25) is 11.8 Å². The highest BCUT2D eigenvalue weighted by molar-refractivity contribution is 5.76. The smallest absolute Gasteiger partial charge is 0.231 e. The predicted octanol–water partition coefficient (Wildman–Crippen LogP) is 1.36. The van der Waals surface area contributed by atoms with E-state index in [0.29, 0.717) is 37.1 Å². The molecule has 9 nitrogen and oxygen atoms in total. The van der Waals surface area contributed by atoms with Gasteiger partial charge in [0.25, 0.3) is 0 Å². The molecule has 1 fully saturated rings. The fourth-order valence-electron chi connectivity index (χ4n) is 3.10. The molecule has 1 saturated heterocycles. The minimum Gasteiger partial charge on any atom is -0.342 e. The first-order chi connectivity index (χ1) is 12.0. The van der Waals surface area contributed by atoms with Crippen molar-refractivity contribution in [3.63, 3.8) is 0 Å². The highest BCUT2D eigenvalue weighted by atomic mass is 16.5. The van der Waals surface area contributed by atoms with Gasteiger partial charge in [-0.25, -0.2) is 4.68 Å². The Morgan fingerprint density at radius 3 is 2.96 bits per heavy atom. The first-order valence-corrected chi connectivity index (χ1v) is 8.86. The molecule has 1 amide bonds. The molecule has 0 bridgehead atoms. The fourth-order valence-corrected chi connectivity index (χ4v) is 3.10. The molecule has 0 saturated carbocycles. The maximum atomic E-state index is 12.5. The minimum atomic E-state index is 0.113. The summed E-state index contributed by atoms with van der Waals surface area (Å²) in [6, 6.07) is 0. The van der Waals surface area contributed by atoms with E-state index in [9.17, 15) is 4.79 Å². The lowest BCUT2D eigenvalue weighted by Gasteiger charge is -2.31. The number of amides is 1. The Balaban J connectivity index is 1.56. The summed E-state index contributed by atoms with van der Waals surface area (Å²) in [7, 11) is 0. The number of tetrazole rings is 1. The SMILES string of the molecule is Cc1nnnn1CCC(=O)N1CCCC(c2nc(CC(C)C)no2)C1. The van der Waals surface area contributed by atoms with Crippen LogP contribution in [-0.2, 0) is 17.8 Å². The summed E-state index contributed by atoms with van der Waals surface area (Å²) >= 11 is 0. The summed E-state index contributed by atoms with van der Waals surface area (Å²) in [5.74, 6) is 2.85. The van der Waals surface area contributed by atoms with Gasteiger partial charge in [0.1, 0.15) is 5.82 Å². The van der Waals surface area contributed by atoms with Crippen molar-refractivity contribution in [1.29, 1.82) is 0 Å². The van der Waals surface area contributed by atoms with Gasteiger partial charge >= 0.3 is 0 Å². The normalized spacial score (nSPS) is 18.1. The lowest BCUT2D eigenvalue weighted by atomic mass is 9.97. The van der Waals surface area contributed by atoms with Gasteiger partial charge in [-0.05, 0) is 36.1 Å². The van der Waals surface area contributed by atoms with Gasteiger partial charge in [0.05, 0.1) is 12.5 Å². The van der Waals surface area contributed by atoms with Crippen molar-refractivity contribution in [1.82, 2.24) is 35.2 Å². The summed E-state index contributed by atoms with van der Waals surface area (Å²) in [4.78, 5) is 18.9. The standard InChI is InChI=1S/C16H25N7O2/c1-11(2)9-14-17-16(25-19-14)13-5-4-7-22(10-13)15(24)6-8-23-12(3)18-20-21-23/h11,13H,4-10H2,1-3H3. The summed E-state index contributed by atoms with van der Waals surface area (Å²) in [5, 5.41) is 15.4. The van der Waals surface area contributed by atoms with Crippen LogP contribution in [0.5, 0.6) is 0 Å². The van der Waals surface area contributed by atoms with E-state index in [0.717, 1.165) is 31.6 Å². The van der Waals surface area contributed by atoms with E-state index < -0.39 is 0 Å². The molecule has 9 heteroatoms. The first-order valence-electron chi connectivity index (χ1n) is 8.86. The average Bonchev–Trinajstić information content (AvgIpc) is 3.21. The maximum Gasteiger partial charge on any atom is 0.231 e. The van der Waals surface area contributed by atoms with Crippen LogP contribution in [0.2, 0.25) is 0 Å². The van der Waals surface area contributed by atoms with Gasteiger partial charge in [-0.15, -0.1) is 5.10 Å². The summed E-state index contributed by atoms with van der Waals surface area (Å²) in [6.45, 7) is 7.99. The van der Waals surface area contributed by atoms with Gasteiger partial charge in [-0.3, -0.25) is 4.79 Å². The molecule has 25 heavy (non-hydrogen) atoms. The van der Waals surface area contributed by atoms with Crippen LogP contribution in [0.3, 0.4) is 0 Å². The molecule has 1 atom stereocenters. The Hall–Kier alpha value is -2.32. The van der Waals surface area contributed by atoms with Crippen LogP contribution in [0.4, 0.5) is 0 Å². The molecule has 1 aliphatic heterocycles. The number of piperidine rings is 1. The molecule has 0 radical (unpaired) electrons. The molecule has 1 unspecified atom stereocenters. The third kappa shape index (κ3) is 4.40. The Morgan fingerprint density at radius 2 is 2.24 bits per heavy atom. The molecule has 0 spiro atoms. The number of hydrogen-bond acceptors (Lipinski definition) is 7. The number of aromatic nitrogens is 6. The maximum absolute atomic E-state index is 12.5. The quantitative estimate of drug-likeness (QED) is 0.777. The molecule has 0 N–H and O–H groups in total. The van der Waals surface area contributed by atoms with E-state index in [-0.39, 0.29) is 11.8 Å². The third-order valence-electron chi connectivity index (χ3n) is 4.45. The Labute approximate surface area is 146 Å². The molecule has 0 aliphatic carbocycles. The lowest BCUT2D eigenvalue weighted by molar-refractivity contribution is -0.132. The molecule has 1 aliphatic rings. The minimum absolute atomic E-state index is 0.113. The van der Waals surface area contributed by atoms with Gasteiger partial charge in [0, 0.05) is 25.9 Å². The Bertz CT molecular complexity index is 709. The van der Waals surface area contributed by atoms with Crippen LogP contribution in [-0.4, -0.2) is 54.2 Å². The second-order valence-corrected chi connectivity index (χ2v) is 7.02. The first kappa shape index (κ1) is 17.5. The van der Waals surface area contributed by atoms with E-state index in [2.05, 4.69) is 39.5 Å². The Kier molecular flexibility index (Phi) is 5.40. The van der Waals surface area contributed by atoms with Crippen LogP contribution in [0.1, 0.15) is 56.6 Å². The van der Waals surface area contributed by atoms with Crippen molar-refractivity contribution in [3.8, 4) is 0 Å². The van der Waals surface area contributed by atoms with Gasteiger partial charge < -0.3 is 9.42 Å². The van der Waals surface area contributed by atoms with Crippen LogP contribution in [0, 0.1) is 12.8 Å². The van der Waals surface area contributed by atoms with Gasteiger partial charge in [-0.1, -0.05) is 19.0 Å². The topological polar surface area (TPSA) is 103 Å². The van der Waals surface area contributed by atoms with Crippen LogP contribution in [0.15, 0.2) is 4.52 Å². The average molecular weight is 347 g/mol. The third-order valence-corrected chi connectivity index (χ3v) is 4.45. The second-order valence-electron chi connectivity index (χ2n) is 7.02. The number of carbonyl (C=O) groups excluding carboxylic acids is 1.